The minimum absolute atomic E-state index is 0.0967. The number of hydrogen-bond donors (Lipinski definition) is 0. The van der Waals surface area contributed by atoms with Crippen LogP contribution in [-0.4, -0.2) is 29.5 Å². The number of hydrogen-bond acceptors (Lipinski definition) is 4. The molecule has 86 valence electrons. The predicted octanol–water partition coefficient (Wildman–Crippen LogP) is 2.80. The van der Waals surface area contributed by atoms with Crippen molar-refractivity contribution in [3.8, 4) is 0 Å². The van der Waals surface area contributed by atoms with E-state index in [1.165, 1.54) is 6.07 Å². The SMILES string of the molecule is O=[N+]([O-])c1cc(Cl)ccc1N1CCSCC1. The Morgan fingerprint density at radius 2 is 2.06 bits per heavy atom. The van der Waals surface area contributed by atoms with Gasteiger partial charge in [0.05, 0.1) is 4.92 Å². The number of anilines is 1. The highest BCUT2D eigenvalue weighted by Gasteiger charge is 2.21. The molecule has 16 heavy (non-hydrogen) atoms. The molecule has 0 spiro atoms. The minimum atomic E-state index is -0.372. The number of halogens is 1. The van der Waals surface area contributed by atoms with E-state index in [1.54, 1.807) is 12.1 Å². The third kappa shape index (κ3) is 2.41. The monoisotopic (exact) mass is 258 g/mol. The highest BCUT2D eigenvalue weighted by Crippen LogP contribution is 2.32. The first-order valence-electron chi connectivity index (χ1n) is 4.95. The fourth-order valence-electron chi connectivity index (χ4n) is 1.71. The lowest BCUT2D eigenvalue weighted by atomic mass is 10.2. The van der Waals surface area contributed by atoms with Crippen LogP contribution < -0.4 is 4.90 Å². The quantitative estimate of drug-likeness (QED) is 0.605. The molecule has 1 fully saturated rings. The average Bonchev–Trinajstić information content (AvgIpc) is 2.30. The van der Waals surface area contributed by atoms with Crippen molar-refractivity contribution < 1.29 is 4.92 Å². The van der Waals surface area contributed by atoms with Gasteiger partial charge in [-0.3, -0.25) is 10.1 Å². The zero-order valence-electron chi connectivity index (χ0n) is 8.56. The number of nitro benzene ring substituents is 1. The van der Waals surface area contributed by atoms with E-state index in [0.717, 1.165) is 24.6 Å². The van der Waals surface area contributed by atoms with Gasteiger partial charge in [0, 0.05) is 35.7 Å². The zero-order valence-corrected chi connectivity index (χ0v) is 10.1. The Balaban J connectivity index is 2.34. The fourth-order valence-corrected chi connectivity index (χ4v) is 2.78. The summed E-state index contributed by atoms with van der Waals surface area (Å²) in [6, 6.07) is 4.85. The topological polar surface area (TPSA) is 46.4 Å². The average molecular weight is 259 g/mol. The van der Waals surface area contributed by atoms with Crippen molar-refractivity contribution >= 4 is 34.7 Å². The Morgan fingerprint density at radius 3 is 2.69 bits per heavy atom. The summed E-state index contributed by atoms with van der Waals surface area (Å²) in [5, 5.41) is 11.3. The predicted molar refractivity (Wildman–Crippen MR) is 67.6 cm³/mol. The molecular formula is C10H11ClN2O2S. The van der Waals surface area contributed by atoms with E-state index >= 15 is 0 Å². The van der Waals surface area contributed by atoms with Crippen LogP contribution >= 0.6 is 23.4 Å². The highest BCUT2D eigenvalue weighted by atomic mass is 35.5. The van der Waals surface area contributed by atoms with Crippen molar-refractivity contribution in [3.63, 3.8) is 0 Å². The van der Waals surface area contributed by atoms with E-state index in [-0.39, 0.29) is 10.6 Å². The molecule has 0 saturated carbocycles. The molecule has 0 aliphatic carbocycles. The van der Waals surface area contributed by atoms with Crippen molar-refractivity contribution in [2.75, 3.05) is 29.5 Å². The van der Waals surface area contributed by atoms with E-state index < -0.39 is 0 Å². The van der Waals surface area contributed by atoms with Gasteiger partial charge in [-0.25, -0.2) is 0 Å². The van der Waals surface area contributed by atoms with Crippen molar-refractivity contribution in [2.45, 2.75) is 0 Å². The van der Waals surface area contributed by atoms with Crippen molar-refractivity contribution in [1.82, 2.24) is 0 Å². The molecule has 0 N–H and O–H groups in total. The Morgan fingerprint density at radius 1 is 1.38 bits per heavy atom. The lowest BCUT2D eigenvalue weighted by Crippen LogP contribution is -2.32. The van der Waals surface area contributed by atoms with Gasteiger partial charge in [-0.15, -0.1) is 0 Å². The third-order valence-corrected chi connectivity index (χ3v) is 3.66. The van der Waals surface area contributed by atoms with Crippen molar-refractivity contribution in [1.29, 1.82) is 0 Å². The highest BCUT2D eigenvalue weighted by molar-refractivity contribution is 7.99. The molecule has 1 saturated heterocycles. The van der Waals surface area contributed by atoms with Crippen LogP contribution in [0.25, 0.3) is 0 Å². The Kier molecular flexibility index (Phi) is 3.56. The molecule has 0 unspecified atom stereocenters. The molecular weight excluding hydrogens is 248 g/mol. The first-order chi connectivity index (χ1) is 7.68. The molecule has 0 amide bonds. The molecule has 0 radical (unpaired) electrons. The second kappa shape index (κ2) is 4.93. The van der Waals surface area contributed by atoms with Gasteiger partial charge < -0.3 is 4.90 Å². The van der Waals surface area contributed by atoms with Gasteiger partial charge in [-0.05, 0) is 12.1 Å². The molecule has 1 aliphatic rings. The number of rotatable bonds is 2. The van der Waals surface area contributed by atoms with Gasteiger partial charge in [0.25, 0.3) is 5.69 Å². The van der Waals surface area contributed by atoms with Crippen LogP contribution in [0.3, 0.4) is 0 Å². The number of benzene rings is 1. The van der Waals surface area contributed by atoms with E-state index in [2.05, 4.69) is 0 Å². The van der Waals surface area contributed by atoms with Crippen LogP contribution in [-0.2, 0) is 0 Å². The standard InChI is InChI=1S/C10H11ClN2O2S/c11-8-1-2-9(10(7-8)13(14)15)12-3-5-16-6-4-12/h1-2,7H,3-6H2. The van der Waals surface area contributed by atoms with Gasteiger partial charge >= 0.3 is 0 Å². The molecule has 4 nitrogen and oxygen atoms in total. The summed E-state index contributed by atoms with van der Waals surface area (Å²) < 4.78 is 0. The second-order valence-electron chi connectivity index (χ2n) is 3.49. The fraction of sp³-hybridized carbons (Fsp3) is 0.400. The van der Waals surface area contributed by atoms with E-state index in [4.69, 9.17) is 11.6 Å². The van der Waals surface area contributed by atoms with Crippen molar-refractivity contribution in [2.24, 2.45) is 0 Å². The van der Waals surface area contributed by atoms with Gasteiger partial charge in [0.2, 0.25) is 0 Å². The van der Waals surface area contributed by atoms with Crippen molar-refractivity contribution in [3.05, 3.63) is 33.3 Å². The second-order valence-corrected chi connectivity index (χ2v) is 5.15. The largest absolute Gasteiger partial charge is 0.364 e. The summed E-state index contributed by atoms with van der Waals surface area (Å²) in [6.45, 7) is 1.71. The molecule has 1 aliphatic heterocycles. The molecule has 1 aromatic carbocycles. The van der Waals surface area contributed by atoms with Gasteiger partial charge in [-0.1, -0.05) is 11.6 Å². The first kappa shape index (κ1) is 11.5. The molecule has 1 heterocycles. The number of nitrogens with zero attached hydrogens (tertiary/aromatic N) is 2. The lowest BCUT2D eigenvalue weighted by molar-refractivity contribution is -0.384. The lowest BCUT2D eigenvalue weighted by Gasteiger charge is -2.28. The van der Waals surface area contributed by atoms with Crippen LogP contribution in [0, 0.1) is 10.1 Å². The number of thioether (sulfide) groups is 1. The molecule has 0 bridgehead atoms. The third-order valence-electron chi connectivity index (χ3n) is 2.49. The summed E-state index contributed by atoms with van der Waals surface area (Å²) >= 11 is 7.65. The van der Waals surface area contributed by atoms with E-state index in [0.29, 0.717) is 10.7 Å². The molecule has 6 heteroatoms. The molecule has 2 rings (SSSR count). The Hall–Kier alpha value is -0.940. The summed E-state index contributed by atoms with van der Waals surface area (Å²) in [7, 11) is 0. The summed E-state index contributed by atoms with van der Waals surface area (Å²) in [6.07, 6.45) is 0. The summed E-state index contributed by atoms with van der Waals surface area (Å²) in [5.74, 6) is 2.03. The molecule has 0 atom stereocenters. The molecule has 0 aromatic heterocycles. The van der Waals surface area contributed by atoms with Crippen LogP contribution in [0.15, 0.2) is 18.2 Å². The molecule has 1 aromatic rings. The first-order valence-corrected chi connectivity index (χ1v) is 6.48. The van der Waals surface area contributed by atoms with E-state index in [9.17, 15) is 10.1 Å². The van der Waals surface area contributed by atoms with Crippen LogP contribution in [0.4, 0.5) is 11.4 Å². The maximum atomic E-state index is 10.9. The van der Waals surface area contributed by atoms with Gasteiger partial charge in [0.15, 0.2) is 0 Å². The maximum Gasteiger partial charge on any atom is 0.294 e. The Labute approximate surface area is 103 Å². The summed E-state index contributed by atoms with van der Waals surface area (Å²) in [5.41, 5.74) is 0.772. The maximum absolute atomic E-state index is 10.9. The van der Waals surface area contributed by atoms with Crippen LogP contribution in [0.5, 0.6) is 0 Å². The van der Waals surface area contributed by atoms with E-state index in [1.807, 2.05) is 16.7 Å². The van der Waals surface area contributed by atoms with Crippen LogP contribution in [0.2, 0.25) is 5.02 Å². The Bertz CT molecular complexity index is 408. The normalized spacial score (nSPS) is 16.2. The number of nitro groups is 1. The zero-order chi connectivity index (χ0) is 11.5. The summed E-state index contributed by atoms with van der Waals surface area (Å²) in [4.78, 5) is 12.6. The van der Waals surface area contributed by atoms with Crippen LogP contribution in [0.1, 0.15) is 0 Å². The minimum Gasteiger partial charge on any atom is -0.364 e. The van der Waals surface area contributed by atoms with Gasteiger partial charge in [-0.2, -0.15) is 11.8 Å². The smallest absolute Gasteiger partial charge is 0.294 e. The van der Waals surface area contributed by atoms with Gasteiger partial charge in [0.1, 0.15) is 5.69 Å².